The van der Waals surface area contributed by atoms with Crippen LogP contribution in [0, 0.1) is 6.92 Å². The first-order valence-corrected chi connectivity index (χ1v) is 7.36. The number of pyridine rings is 1. The van der Waals surface area contributed by atoms with Crippen molar-refractivity contribution < 1.29 is 0 Å². The van der Waals surface area contributed by atoms with Crippen LogP contribution in [0.2, 0.25) is 5.02 Å². The van der Waals surface area contributed by atoms with Crippen LogP contribution in [0.4, 0.5) is 0 Å². The van der Waals surface area contributed by atoms with Gasteiger partial charge in [-0.3, -0.25) is 4.79 Å². The van der Waals surface area contributed by atoms with Crippen molar-refractivity contribution in [3.8, 4) is 11.4 Å². The Kier molecular flexibility index (Phi) is 3.86. The van der Waals surface area contributed by atoms with Gasteiger partial charge in [-0.25, -0.2) is 4.98 Å². The molecular formula is C17H16ClN3O. The summed E-state index contributed by atoms with van der Waals surface area (Å²) in [7, 11) is 1.75. The van der Waals surface area contributed by atoms with Crippen molar-refractivity contribution in [2.45, 2.75) is 13.5 Å². The molecule has 3 rings (SSSR count). The zero-order valence-electron chi connectivity index (χ0n) is 12.5. The molecule has 0 saturated carbocycles. The molecule has 22 heavy (non-hydrogen) atoms. The molecule has 0 unspecified atom stereocenters. The molecule has 112 valence electrons. The van der Waals surface area contributed by atoms with Crippen molar-refractivity contribution in [3.05, 3.63) is 75.4 Å². The van der Waals surface area contributed by atoms with Gasteiger partial charge in [0.15, 0.2) is 0 Å². The quantitative estimate of drug-likeness (QED) is 0.744. The van der Waals surface area contributed by atoms with Crippen LogP contribution in [0.15, 0.2) is 53.7 Å². The van der Waals surface area contributed by atoms with Gasteiger partial charge in [0.2, 0.25) is 0 Å². The second-order valence-corrected chi connectivity index (χ2v) is 5.71. The van der Waals surface area contributed by atoms with Crippen LogP contribution < -0.4 is 5.56 Å². The van der Waals surface area contributed by atoms with Gasteiger partial charge in [-0.05, 0) is 24.6 Å². The summed E-state index contributed by atoms with van der Waals surface area (Å²) in [6.45, 7) is 2.45. The number of nitrogens with zero attached hydrogens (tertiary/aromatic N) is 3. The van der Waals surface area contributed by atoms with Gasteiger partial charge in [0.25, 0.3) is 5.56 Å². The van der Waals surface area contributed by atoms with E-state index in [0.717, 1.165) is 22.0 Å². The minimum Gasteiger partial charge on any atom is -0.326 e. The van der Waals surface area contributed by atoms with Gasteiger partial charge in [-0.2, -0.15) is 0 Å². The molecule has 2 heterocycles. The van der Waals surface area contributed by atoms with Crippen LogP contribution in [0.5, 0.6) is 0 Å². The molecule has 0 atom stereocenters. The molecule has 5 heteroatoms. The molecule has 0 aliphatic carbocycles. The second-order valence-electron chi connectivity index (χ2n) is 5.30. The highest BCUT2D eigenvalue weighted by Crippen LogP contribution is 2.21. The molecule has 0 fully saturated rings. The summed E-state index contributed by atoms with van der Waals surface area (Å²) in [5, 5.41) is 0.735. The van der Waals surface area contributed by atoms with Crippen LogP contribution in [0.1, 0.15) is 11.1 Å². The second kappa shape index (κ2) is 5.81. The van der Waals surface area contributed by atoms with Crippen LogP contribution in [0.25, 0.3) is 11.4 Å². The van der Waals surface area contributed by atoms with E-state index in [1.807, 2.05) is 48.0 Å². The van der Waals surface area contributed by atoms with Gasteiger partial charge in [0, 0.05) is 41.8 Å². The Bertz CT molecular complexity index is 853. The first-order valence-electron chi connectivity index (χ1n) is 6.98. The lowest BCUT2D eigenvalue weighted by molar-refractivity contribution is 0.799. The number of imidazole rings is 1. The van der Waals surface area contributed by atoms with E-state index in [2.05, 4.69) is 4.98 Å². The normalized spacial score (nSPS) is 10.9. The number of hydrogen-bond acceptors (Lipinski definition) is 2. The lowest BCUT2D eigenvalue weighted by Gasteiger charge is -2.11. The van der Waals surface area contributed by atoms with Gasteiger partial charge in [0.1, 0.15) is 5.82 Å². The fourth-order valence-electron chi connectivity index (χ4n) is 2.51. The number of benzene rings is 1. The molecule has 0 aliphatic rings. The smallest absolute Gasteiger partial charge is 0.253 e. The van der Waals surface area contributed by atoms with Gasteiger partial charge in [0.05, 0.1) is 6.54 Å². The first-order chi connectivity index (χ1) is 10.6. The Morgan fingerprint density at radius 2 is 2.05 bits per heavy atom. The standard InChI is InChI=1S/C17H16ClN3O/c1-12-9-14(10-20(2)17(12)22)16-19-7-8-21(16)11-13-5-3-4-6-15(13)18/h3-10H,11H2,1-2H3. The average Bonchev–Trinajstić information content (AvgIpc) is 2.95. The highest BCUT2D eigenvalue weighted by molar-refractivity contribution is 6.31. The summed E-state index contributed by atoms with van der Waals surface area (Å²) >= 11 is 6.23. The van der Waals surface area contributed by atoms with Gasteiger partial charge < -0.3 is 9.13 Å². The third-order valence-corrected chi connectivity index (χ3v) is 4.00. The monoisotopic (exact) mass is 313 g/mol. The Balaban J connectivity index is 2.03. The van der Waals surface area contributed by atoms with Crippen LogP contribution in [-0.4, -0.2) is 14.1 Å². The zero-order valence-corrected chi connectivity index (χ0v) is 13.2. The van der Waals surface area contributed by atoms with Crippen LogP contribution in [-0.2, 0) is 13.6 Å². The van der Waals surface area contributed by atoms with Gasteiger partial charge >= 0.3 is 0 Å². The van der Waals surface area contributed by atoms with Crippen molar-refractivity contribution in [3.63, 3.8) is 0 Å². The topological polar surface area (TPSA) is 39.8 Å². The molecule has 2 aromatic heterocycles. The first kappa shape index (κ1) is 14.6. The molecule has 0 N–H and O–H groups in total. The molecule has 3 aromatic rings. The number of rotatable bonds is 3. The zero-order chi connectivity index (χ0) is 15.7. The Morgan fingerprint density at radius 3 is 2.77 bits per heavy atom. The molecule has 0 spiro atoms. The molecular weight excluding hydrogens is 298 g/mol. The summed E-state index contributed by atoms with van der Waals surface area (Å²) in [5.41, 5.74) is 2.65. The Hall–Kier alpha value is -2.33. The molecule has 1 aromatic carbocycles. The van der Waals surface area contributed by atoms with E-state index in [1.54, 1.807) is 24.0 Å². The van der Waals surface area contributed by atoms with E-state index in [4.69, 9.17) is 11.6 Å². The van der Waals surface area contributed by atoms with Crippen molar-refractivity contribution in [1.29, 1.82) is 0 Å². The fraction of sp³-hybridized carbons (Fsp3) is 0.176. The Morgan fingerprint density at radius 1 is 1.27 bits per heavy atom. The number of aryl methyl sites for hydroxylation is 2. The summed E-state index contributed by atoms with van der Waals surface area (Å²) in [5.74, 6) is 0.818. The molecule has 0 amide bonds. The van der Waals surface area contributed by atoms with E-state index in [9.17, 15) is 4.79 Å². The maximum absolute atomic E-state index is 11.8. The lowest BCUT2D eigenvalue weighted by atomic mass is 10.2. The number of halogens is 1. The highest BCUT2D eigenvalue weighted by Gasteiger charge is 2.10. The van der Waals surface area contributed by atoms with Gasteiger partial charge in [-0.1, -0.05) is 29.8 Å². The number of hydrogen-bond donors (Lipinski definition) is 0. The lowest BCUT2D eigenvalue weighted by Crippen LogP contribution is -2.18. The minimum atomic E-state index is 0.00737. The third-order valence-electron chi connectivity index (χ3n) is 3.63. The predicted octanol–water partition coefficient (Wildman–Crippen LogP) is 3.26. The largest absolute Gasteiger partial charge is 0.326 e. The highest BCUT2D eigenvalue weighted by atomic mass is 35.5. The SMILES string of the molecule is Cc1cc(-c2nccn2Cc2ccccc2Cl)cn(C)c1=O. The minimum absolute atomic E-state index is 0.00737. The summed E-state index contributed by atoms with van der Waals surface area (Å²) < 4.78 is 3.61. The summed E-state index contributed by atoms with van der Waals surface area (Å²) in [4.78, 5) is 16.3. The van der Waals surface area contributed by atoms with E-state index in [-0.39, 0.29) is 5.56 Å². The van der Waals surface area contributed by atoms with E-state index in [1.165, 1.54) is 0 Å². The summed E-state index contributed by atoms with van der Waals surface area (Å²) in [6.07, 6.45) is 5.48. The molecule has 0 bridgehead atoms. The molecule has 4 nitrogen and oxygen atoms in total. The Labute approximate surface area is 133 Å². The van der Waals surface area contributed by atoms with Crippen LogP contribution in [0.3, 0.4) is 0 Å². The van der Waals surface area contributed by atoms with Crippen molar-refractivity contribution >= 4 is 11.6 Å². The van der Waals surface area contributed by atoms with Crippen LogP contribution >= 0.6 is 11.6 Å². The molecule has 0 radical (unpaired) electrons. The third kappa shape index (κ3) is 2.70. The molecule has 0 aliphatic heterocycles. The predicted molar refractivity (Wildman–Crippen MR) is 88.2 cm³/mol. The van der Waals surface area contributed by atoms with E-state index in [0.29, 0.717) is 12.1 Å². The maximum Gasteiger partial charge on any atom is 0.253 e. The van der Waals surface area contributed by atoms with Crippen molar-refractivity contribution in [2.75, 3.05) is 0 Å². The van der Waals surface area contributed by atoms with Crippen molar-refractivity contribution in [2.24, 2.45) is 7.05 Å². The van der Waals surface area contributed by atoms with Gasteiger partial charge in [-0.15, -0.1) is 0 Å². The van der Waals surface area contributed by atoms with Crippen molar-refractivity contribution in [1.82, 2.24) is 14.1 Å². The summed E-state index contributed by atoms with van der Waals surface area (Å²) in [6, 6.07) is 9.63. The average molecular weight is 314 g/mol. The number of aromatic nitrogens is 3. The van der Waals surface area contributed by atoms with E-state index >= 15 is 0 Å². The maximum atomic E-state index is 11.8. The fourth-order valence-corrected chi connectivity index (χ4v) is 2.70. The molecule has 0 saturated heterocycles. The van der Waals surface area contributed by atoms with E-state index < -0.39 is 0 Å².